The molecule has 3 aromatic rings. The third kappa shape index (κ3) is 6.50. The number of benzene rings is 3. The minimum absolute atomic E-state index is 0.195. The van der Waals surface area contributed by atoms with Crippen LogP contribution in [0.3, 0.4) is 0 Å². The van der Waals surface area contributed by atoms with E-state index in [4.69, 9.17) is 4.74 Å². The van der Waals surface area contributed by atoms with Crippen molar-refractivity contribution in [2.45, 2.75) is 6.92 Å². The van der Waals surface area contributed by atoms with Crippen LogP contribution in [0.1, 0.15) is 21.5 Å². The van der Waals surface area contributed by atoms with Gasteiger partial charge in [-0.1, -0.05) is 40.2 Å². The van der Waals surface area contributed by atoms with Crippen molar-refractivity contribution in [3.63, 3.8) is 0 Å². The molecule has 0 heterocycles. The van der Waals surface area contributed by atoms with E-state index in [1.807, 2.05) is 25.1 Å². The maximum atomic E-state index is 12.7. The van der Waals surface area contributed by atoms with Gasteiger partial charge in [0, 0.05) is 15.7 Å². The molecule has 0 aromatic heterocycles. The van der Waals surface area contributed by atoms with Crippen LogP contribution in [0.25, 0.3) is 0 Å². The largest absolute Gasteiger partial charge is 0.496 e. The number of rotatable bonds is 6. The van der Waals surface area contributed by atoms with Crippen molar-refractivity contribution in [2.75, 3.05) is 17.7 Å². The summed E-state index contributed by atoms with van der Waals surface area (Å²) in [5, 5.41) is 9.04. The third-order valence-electron chi connectivity index (χ3n) is 4.46. The Morgan fingerprint density at radius 1 is 0.939 bits per heavy atom. The van der Waals surface area contributed by atoms with Crippen molar-refractivity contribution in [3.05, 3.63) is 87.9 Å². The number of ether oxygens (including phenoxy) is 1. The Morgan fingerprint density at radius 3 is 2.48 bits per heavy atom. The highest BCUT2D eigenvalue weighted by atomic mass is 79.9. The van der Waals surface area contributed by atoms with Crippen molar-refractivity contribution in [2.24, 2.45) is 5.10 Å². The molecule has 0 aliphatic carbocycles. The van der Waals surface area contributed by atoms with E-state index in [0.29, 0.717) is 17.0 Å². The number of halogens is 1. The molecule has 0 fully saturated rings. The van der Waals surface area contributed by atoms with Gasteiger partial charge in [-0.25, -0.2) is 5.43 Å². The van der Waals surface area contributed by atoms with Crippen LogP contribution in [0.2, 0.25) is 0 Å². The lowest BCUT2D eigenvalue weighted by Crippen LogP contribution is -2.33. The monoisotopic (exact) mass is 508 g/mol. The molecule has 0 saturated heterocycles. The molecule has 0 spiro atoms. The first-order chi connectivity index (χ1) is 15.9. The molecule has 0 aliphatic rings. The zero-order valence-corrected chi connectivity index (χ0v) is 19.5. The van der Waals surface area contributed by atoms with Gasteiger partial charge in [-0.15, -0.1) is 0 Å². The zero-order valence-electron chi connectivity index (χ0n) is 17.9. The first-order valence-corrected chi connectivity index (χ1v) is 10.6. The minimum atomic E-state index is -0.992. The number of hydrogen-bond donors (Lipinski definition) is 3. The summed E-state index contributed by atoms with van der Waals surface area (Å²) in [5.74, 6) is -1.83. The van der Waals surface area contributed by atoms with Crippen molar-refractivity contribution >= 4 is 51.2 Å². The van der Waals surface area contributed by atoms with E-state index in [2.05, 4.69) is 37.1 Å². The Hall–Kier alpha value is -3.98. The average Bonchev–Trinajstić information content (AvgIpc) is 2.79. The van der Waals surface area contributed by atoms with E-state index < -0.39 is 17.7 Å². The highest BCUT2D eigenvalue weighted by molar-refractivity contribution is 9.10. The second-order valence-electron chi connectivity index (χ2n) is 6.91. The van der Waals surface area contributed by atoms with Crippen molar-refractivity contribution < 1.29 is 19.1 Å². The second kappa shape index (κ2) is 11.1. The summed E-state index contributed by atoms with van der Waals surface area (Å²) in [6.07, 6.45) is 1.36. The molecule has 168 valence electrons. The SMILES string of the molecule is COc1ccc(Br)cc1/C=N/NC(=O)C(=O)Nc1ccccc1C(=O)Nc1cccc(C)c1. The smallest absolute Gasteiger partial charge is 0.329 e. The van der Waals surface area contributed by atoms with Crippen LogP contribution >= 0.6 is 15.9 Å². The number of nitrogens with zero attached hydrogens (tertiary/aromatic N) is 1. The number of carbonyl (C=O) groups is 3. The van der Waals surface area contributed by atoms with Gasteiger partial charge in [0.15, 0.2) is 0 Å². The third-order valence-corrected chi connectivity index (χ3v) is 4.96. The predicted octanol–water partition coefficient (Wildman–Crippen LogP) is 4.11. The molecule has 3 amide bonds. The van der Waals surface area contributed by atoms with Crippen LogP contribution in [0.4, 0.5) is 11.4 Å². The molecule has 0 unspecified atom stereocenters. The van der Waals surface area contributed by atoms with E-state index in [9.17, 15) is 14.4 Å². The number of carbonyl (C=O) groups excluding carboxylic acids is 3. The summed E-state index contributed by atoms with van der Waals surface area (Å²) in [5.41, 5.74) is 4.79. The van der Waals surface area contributed by atoms with Crippen molar-refractivity contribution in [3.8, 4) is 5.75 Å². The van der Waals surface area contributed by atoms with Gasteiger partial charge in [0.1, 0.15) is 5.75 Å². The summed E-state index contributed by atoms with van der Waals surface area (Å²) in [6.45, 7) is 1.91. The molecule has 3 N–H and O–H groups in total. The molecule has 0 radical (unpaired) electrons. The maximum absolute atomic E-state index is 12.7. The first-order valence-electron chi connectivity index (χ1n) is 9.82. The summed E-state index contributed by atoms with van der Waals surface area (Å²) in [6, 6.07) is 19.0. The highest BCUT2D eigenvalue weighted by Gasteiger charge is 2.18. The Bertz CT molecular complexity index is 1230. The summed E-state index contributed by atoms with van der Waals surface area (Å²) in [4.78, 5) is 37.3. The van der Waals surface area contributed by atoms with Gasteiger partial charge in [-0.3, -0.25) is 14.4 Å². The molecule has 0 bridgehead atoms. The Labute approximate surface area is 199 Å². The fraction of sp³-hybridized carbons (Fsp3) is 0.0833. The molecule has 3 aromatic carbocycles. The average molecular weight is 509 g/mol. The number of hydrogen-bond acceptors (Lipinski definition) is 5. The van der Waals surface area contributed by atoms with Crippen LogP contribution in [-0.2, 0) is 9.59 Å². The zero-order chi connectivity index (χ0) is 23.8. The quantitative estimate of drug-likeness (QED) is 0.264. The molecule has 9 heteroatoms. The highest BCUT2D eigenvalue weighted by Crippen LogP contribution is 2.21. The van der Waals surface area contributed by atoms with Gasteiger partial charge < -0.3 is 15.4 Å². The van der Waals surface area contributed by atoms with Crippen LogP contribution < -0.4 is 20.8 Å². The lowest BCUT2D eigenvalue weighted by molar-refractivity contribution is -0.136. The molecule has 8 nitrogen and oxygen atoms in total. The van der Waals surface area contributed by atoms with Gasteiger partial charge in [0.05, 0.1) is 24.6 Å². The Kier molecular flexibility index (Phi) is 7.93. The molecule has 3 rings (SSSR count). The summed E-state index contributed by atoms with van der Waals surface area (Å²) in [7, 11) is 1.51. The fourth-order valence-corrected chi connectivity index (χ4v) is 3.29. The summed E-state index contributed by atoms with van der Waals surface area (Å²) >= 11 is 3.35. The Morgan fingerprint density at radius 2 is 1.73 bits per heavy atom. The first kappa shape index (κ1) is 23.7. The number of hydrazone groups is 1. The van der Waals surface area contributed by atoms with Gasteiger partial charge in [0.25, 0.3) is 5.91 Å². The van der Waals surface area contributed by atoms with Crippen LogP contribution in [-0.4, -0.2) is 31.0 Å². The Balaban J connectivity index is 1.66. The lowest BCUT2D eigenvalue weighted by Gasteiger charge is -2.11. The molecule has 0 atom stereocenters. The topological polar surface area (TPSA) is 109 Å². The van der Waals surface area contributed by atoms with Gasteiger partial charge in [-0.2, -0.15) is 5.10 Å². The van der Waals surface area contributed by atoms with E-state index >= 15 is 0 Å². The molecule has 0 saturated carbocycles. The van der Waals surface area contributed by atoms with Crippen LogP contribution in [0, 0.1) is 6.92 Å². The number of amides is 3. The minimum Gasteiger partial charge on any atom is -0.496 e. The number of anilines is 2. The van der Waals surface area contributed by atoms with Crippen molar-refractivity contribution in [1.82, 2.24) is 5.43 Å². The van der Waals surface area contributed by atoms with Gasteiger partial charge in [-0.05, 0) is 55.0 Å². The summed E-state index contributed by atoms with van der Waals surface area (Å²) < 4.78 is 6.03. The second-order valence-corrected chi connectivity index (χ2v) is 7.82. The van der Waals surface area contributed by atoms with Crippen LogP contribution in [0.5, 0.6) is 5.75 Å². The van der Waals surface area contributed by atoms with Crippen LogP contribution in [0.15, 0.2) is 76.3 Å². The number of para-hydroxylation sites is 1. The van der Waals surface area contributed by atoms with Crippen molar-refractivity contribution in [1.29, 1.82) is 0 Å². The molecule has 33 heavy (non-hydrogen) atoms. The molecular formula is C24H21BrN4O4. The van der Waals surface area contributed by atoms with E-state index in [-0.39, 0.29) is 11.3 Å². The number of methoxy groups -OCH3 is 1. The van der Waals surface area contributed by atoms with Gasteiger partial charge >= 0.3 is 11.8 Å². The molecule has 0 aliphatic heterocycles. The lowest BCUT2D eigenvalue weighted by atomic mass is 10.1. The maximum Gasteiger partial charge on any atom is 0.329 e. The van der Waals surface area contributed by atoms with E-state index in [1.165, 1.54) is 19.4 Å². The predicted molar refractivity (Wildman–Crippen MR) is 131 cm³/mol. The van der Waals surface area contributed by atoms with Gasteiger partial charge in [0.2, 0.25) is 0 Å². The van der Waals surface area contributed by atoms with E-state index in [0.717, 1.165) is 10.0 Å². The number of aryl methyl sites for hydroxylation is 1. The van der Waals surface area contributed by atoms with E-state index in [1.54, 1.807) is 42.5 Å². The fourth-order valence-electron chi connectivity index (χ4n) is 2.91. The standard InChI is InChI=1S/C24H21BrN4O4/c1-15-6-5-7-18(12-15)27-22(30)19-8-3-4-9-20(19)28-23(31)24(32)29-26-14-16-13-17(25)10-11-21(16)33-2/h3-14H,1-2H3,(H,27,30)(H,28,31)(H,29,32)/b26-14+. The molecular weight excluding hydrogens is 488 g/mol. The number of nitrogens with one attached hydrogen (secondary N) is 3. The normalized spacial score (nSPS) is 10.5.